The molecule has 3 heteroatoms. The van der Waals surface area contributed by atoms with E-state index in [1.807, 2.05) is 31.2 Å². The highest BCUT2D eigenvalue weighted by Crippen LogP contribution is 2.30. The molecule has 2 rings (SSSR count). The number of fused-ring (bicyclic) bond motifs is 1. The predicted molar refractivity (Wildman–Crippen MR) is 67.3 cm³/mol. The monoisotopic (exact) mass is 227 g/mol. The van der Waals surface area contributed by atoms with Gasteiger partial charge < -0.3 is 0 Å². The zero-order valence-electron chi connectivity index (χ0n) is 9.86. The first-order valence-electron chi connectivity index (χ1n) is 5.35. The SMILES string of the molecule is C=C1C(=O)N(C)C(=O)c2cccc(/C=C\C)c21. The molecule has 0 saturated heterocycles. The van der Waals surface area contributed by atoms with Gasteiger partial charge in [-0.25, -0.2) is 0 Å². The molecule has 0 saturated carbocycles. The van der Waals surface area contributed by atoms with Crippen LogP contribution in [0.1, 0.15) is 28.4 Å². The molecule has 0 aromatic heterocycles. The van der Waals surface area contributed by atoms with Gasteiger partial charge in [-0.05, 0) is 18.6 Å². The van der Waals surface area contributed by atoms with Crippen LogP contribution in [-0.4, -0.2) is 23.8 Å². The second-order valence-corrected chi connectivity index (χ2v) is 3.92. The second kappa shape index (κ2) is 4.01. The van der Waals surface area contributed by atoms with Gasteiger partial charge in [0.05, 0.1) is 0 Å². The van der Waals surface area contributed by atoms with E-state index in [0.717, 1.165) is 10.5 Å². The number of hydrogen-bond acceptors (Lipinski definition) is 2. The summed E-state index contributed by atoms with van der Waals surface area (Å²) < 4.78 is 0. The zero-order chi connectivity index (χ0) is 12.6. The van der Waals surface area contributed by atoms with E-state index >= 15 is 0 Å². The summed E-state index contributed by atoms with van der Waals surface area (Å²) in [5.74, 6) is -0.608. The van der Waals surface area contributed by atoms with E-state index in [1.54, 1.807) is 6.07 Å². The number of likely N-dealkylation sites (N-methyl/N-ethyl adjacent to an activating group) is 1. The van der Waals surface area contributed by atoms with Crippen LogP contribution >= 0.6 is 0 Å². The van der Waals surface area contributed by atoms with Gasteiger partial charge in [0, 0.05) is 23.7 Å². The van der Waals surface area contributed by atoms with Crippen molar-refractivity contribution in [2.45, 2.75) is 6.92 Å². The number of amides is 2. The van der Waals surface area contributed by atoms with Gasteiger partial charge in [0.25, 0.3) is 11.8 Å². The molecule has 1 heterocycles. The Kier molecular flexibility index (Phi) is 2.68. The van der Waals surface area contributed by atoms with E-state index in [9.17, 15) is 9.59 Å². The Labute approximate surface area is 100 Å². The summed E-state index contributed by atoms with van der Waals surface area (Å²) in [7, 11) is 1.47. The van der Waals surface area contributed by atoms with Crippen molar-refractivity contribution < 1.29 is 9.59 Å². The molecule has 3 nitrogen and oxygen atoms in total. The van der Waals surface area contributed by atoms with E-state index in [2.05, 4.69) is 6.58 Å². The van der Waals surface area contributed by atoms with Crippen LogP contribution in [0.25, 0.3) is 11.6 Å². The molecule has 0 atom stereocenters. The number of nitrogens with zero attached hydrogens (tertiary/aromatic N) is 1. The zero-order valence-corrected chi connectivity index (χ0v) is 9.86. The van der Waals surface area contributed by atoms with Gasteiger partial charge in [-0.3, -0.25) is 14.5 Å². The third-order valence-electron chi connectivity index (χ3n) is 2.84. The first-order chi connectivity index (χ1) is 8.07. The molecule has 0 fully saturated rings. The van der Waals surface area contributed by atoms with Gasteiger partial charge in [0.15, 0.2) is 0 Å². The second-order valence-electron chi connectivity index (χ2n) is 3.92. The smallest absolute Gasteiger partial charge is 0.261 e. The van der Waals surface area contributed by atoms with Crippen molar-refractivity contribution in [3.8, 4) is 0 Å². The van der Waals surface area contributed by atoms with E-state index in [4.69, 9.17) is 0 Å². The van der Waals surface area contributed by atoms with Crippen molar-refractivity contribution in [3.05, 3.63) is 47.5 Å². The van der Waals surface area contributed by atoms with Crippen molar-refractivity contribution in [2.24, 2.45) is 0 Å². The van der Waals surface area contributed by atoms with Gasteiger partial charge in [0.1, 0.15) is 0 Å². The largest absolute Gasteiger partial charge is 0.277 e. The lowest BCUT2D eigenvalue weighted by Gasteiger charge is -2.25. The molecule has 86 valence electrons. The van der Waals surface area contributed by atoms with Crippen LogP contribution in [0.5, 0.6) is 0 Å². The summed E-state index contributed by atoms with van der Waals surface area (Å²) in [5.41, 5.74) is 2.41. The lowest BCUT2D eigenvalue weighted by atomic mass is 9.90. The van der Waals surface area contributed by atoms with Crippen LogP contribution in [0.3, 0.4) is 0 Å². The molecular weight excluding hydrogens is 214 g/mol. The third kappa shape index (κ3) is 1.60. The molecule has 1 aliphatic heterocycles. The fraction of sp³-hybridized carbons (Fsp3) is 0.143. The summed E-state index contributed by atoms with van der Waals surface area (Å²) >= 11 is 0. The van der Waals surface area contributed by atoms with Crippen molar-refractivity contribution in [1.29, 1.82) is 0 Å². The standard InChI is InChI=1S/C14H13NO2/c1-4-6-10-7-5-8-11-12(10)9(2)13(16)15(3)14(11)17/h4-8H,2H2,1,3H3/b6-4-. The maximum absolute atomic E-state index is 12.0. The predicted octanol–water partition coefficient (Wildman–Crippen LogP) is 2.35. The van der Waals surface area contributed by atoms with E-state index in [-0.39, 0.29) is 11.8 Å². The van der Waals surface area contributed by atoms with E-state index < -0.39 is 0 Å². The van der Waals surface area contributed by atoms with E-state index in [1.165, 1.54) is 7.05 Å². The third-order valence-corrected chi connectivity index (χ3v) is 2.84. The first-order valence-corrected chi connectivity index (χ1v) is 5.35. The first kappa shape index (κ1) is 11.3. The molecule has 0 N–H and O–H groups in total. The Balaban J connectivity index is 2.73. The number of benzene rings is 1. The van der Waals surface area contributed by atoms with Gasteiger partial charge in [-0.2, -0.15) is 0 Å². The van der Waals surface area contributed by atoms with Crippen LogP contribution in [-0.2, 0) is 4.79 Å². The van der Waals surface area contributed by atoms with Crippen LogP contribution in [0.4, 0.5) is 0 Å². The summed E-state index contributed by atoms with van der Waals surface area (Å²) in [4.78, 5) is 24.9. The summed E-state index contributed by atoms with van der Waals surface area (Å²) in [5, 5.41) is 0. The fourth-order valence-electron chi connectivity index (χ4n) is 1.99. The molecule has 0 radical (unpaired) electrons. The number of imide groups is 1. The van der Waals surface area contributed by atoms with Crippen LogP contribution in [0.15, 0.2) is 30.9 Å². The Morgan fingerprint density at radius 2 is 1.94 bits per heavy atom. The summed E-state index contributed by atoms with van der Waals surface area (Å²) in [6.07, 6.45) is 3.74. The number of allylic oxidation sites excluding steroid dienone is 1. The minimum atomic E-state index is -0.334. The Morgan fingerprint density at radius 3 is 2.59 bits per heavy atom. The van der Waals surface area contributed by atoms with Gasteiger partial charge in [0.2, 0.25) is 0 Å². The average Bonchev–Trinajstić information content (AvgIpc) is 2.34. The summed E-state index contributed by atoms with van der Waals surface area (Å²) in [6.45, 7) is 5.68. The van der Waals surface area contributed by atoms with Gasteiger partial charge in [-0.15, -0.1) is 0 Å². The average molecular weight is 227 g/mol. The molecule has 1 aromatic carbocycles. The molecule has 17 heavy (non-hydrogen) atoms. The molecular formula is C14H13NO2. The number of carbonyl (C=O) groups excluding carboxylic acids is 2. The maximum atomic E-state index is 12.0. The molecule has 1 aromatic rings. The normalized spacial score (nSPS) is 15.6. The van der Waals surface area contributed by atoms with Crippen molar-refractivity contribution in [2.75, 3.05) is 7.05 Å². The quantitative estimate of drug-likeness (QED) is 0.545. The van der Waals surface area contributed by atoms with Crippen molar-refractivity contribution in [1.82, 2.24) is 4.90 Å². The number of rotatable bonds is 1. The maximum Gasteiger partial charge on any atom is 0.261 e. The Hall–Kier alpha value is -2.16. The summed E-state index contributed by atoms with van der Waals surface area (Å²) in [6, 6.07) is 5.40. The van der Waals surface area contributed by atoms with Gasteiger partial charge >= 0.3 is 0 Å². The van der Waals surface area contributed by atoms with Crippen LogP contribution in [0.2, 0.25) is 0 Å². The highest BCUT2D eigenvalue weighted by atomic mass is 16.2. The molecule has 2 amide bonds. The van der Waals surface area contributed by atoms with E-state index in [0.29, 0.717) is 16.7 Å². The number of carbonyl (C=O) groups is 2. The van der Waals surface area contributed by atoms with Crippen molar-refractivity contribution in [3.63, 3.8) is 0 Å². The minimum Gasteiger partial charge on any atom is -0.277 e. The Bertz CT molecular complexity index is 555. The number of hydrogen-bond donors (Lipinski definition) is 0. The molecule has 0 spiro atoms. The topological polar surface area (TPSA) is 37.4 Å². The fourth-order valence-corrected chi connectivity index (χ4v) is 1.99. The van der Waals surface area contributed by atoms with Gasteiger partial charge in [-0.1, -0.05) is 30.9 Å². The highest BCUT2D eigenvalue weighted by molar-refractivity contribution is 6.30. The Morgan fingerprint density at radius 1 is 1.24 bits per heavy atom. The highest BCUT2D eigenvalue weighted by Gasteiger charge is 2.32. The molecule has 0 bridgehead atoms. The van der Waals surface area contributed by atoms with Crippen LogP contribution in [0, 0.1) is 0 Å². The molecule has 0 unspecified atom stereocenters. The minimum absolute atomic E-state index is 0.274. The molecule has 1 aliphatic rings. The van der Waals surface area contributed by atoms with Crippen molar-refractivity contribution >= 4 is 23.5 Å². The van der Waals surface area contributed by atoms with Crippen LogP contribution < -0.4 is 0 Å². The lowest BCUT2D eigenvalue weighted by Crippen LogP contribution is -2.38. The molecule has 0 aliphatic carbocycles. The lowest BCUT2D eigenvalue weighted by molar-refractivity contribution is -0.121.